The number of halogens is 4. The van der Waals surface area contributed by atoms with Gasteiger partial charge in [0.25, 0.3) is 9.84 Å². The second kappa shape index (κ2) is 5.47. The molecule has 3 nitrogen and oxygen atoms in total. The lowest BCUT2D eigenvalue weighted by Crippen LogP contribution is -2.27. The molecule has 0 spiro atoms. The van der Waals surface area contributed by atoms with Crippen LogP contribution in [0.25, 0.3) is 0 Å². The monoisotopic (exact) mass is 325 g/mol. The summed E-state index contributed by atoms with van der Waals surface area (Å²) in [6.07, 6.45) is 2.58. The van der Waals surface area contributed by atoms with Crippen molar-refractivity contribution < 1.29 is 26.0 Å². The molecule has 2 rings (SSSR count). The molecule has 0 heterocycles. The van der Waals surface area contributed by atoms with Crippen LogP contribution in [-0.4, -0.2) is 20.0 Å². The Kier molecular flexibility index (Phi) is 4.19. The highest BCUT2D eigenvalue weighted by molar-refractivity contribution is 7.92. The molecule has 1 aliphatic carbocycles. The van der Waals surface area contributed by atoms with E-state index in [1.165, 1.54) is 0 Å². The zero-order valence-electron chi connectivity index (χ0n) is 11.2. The average molecular weight is 325 g/mol. The third-order valence-corrected chi connectivity index (χ3v) is 5.27. The van der Waals surface area contributed by atoms with E-state index in [1.807, 2.05) is 6.92 Å². The van der Waals surface area contributed by atoms with Gasteiger partial charge in [0.15, 0.2) is 0 Å². The van der Waals surface area contributed by atoms with Gasteiger partial charge in [-0.1, -0.05) is 13.3 Å². The summed E-state index contributed by atoms with van der Waals surface area (Å²) in [6, 6.07) is 2.28. The van der Waals surface area contributed by atoms with Gasteiger partial charge in [0, 0.05) is 6.04 Å². The molecule has 1 N–H and O–H groups in total. The van der Waals surface area contributed by atoms with E-state index in [1.54, 1.807) is 0 Å². The lowest BCUT2D eigenvalue weighted by molar-refractivity contribution is -0.0435. The molecule has 0 bridgehead atoms. The molecule has 1 aliphatic rings. The first kappa shape index (κ1) is 16.1. The van der Waals surface area contributed by atoms with E-state index in [-0.39, 0.29) is 17.6 Å². The molecule has 21 heavy (non-hydrogen) atoms. The van der Waals surface area contributed by atoms with Gasteiger partial charge in [-0.25, -0.2) is 12.8 Å². The van der Waals surface area contributed by atoms with Crippen LogP contribution in [0.4, 0.5) is 23.2 Å². The Labute approximate surface area is 120 Å². The predicted octanol–water partition coefficient (Wildman–Crippen LogP) is 3.72. The lowest BCUT2D eigenvalue weighted by atomic mass is 10.1. The van der Waals surface area contributed by atoms with Crippen molar-refractivity contribution in [3.8, 4) is 0 Å². The van der Waals surface area contributed by atoms with Crippen LogP contribution in [0.2, 0.25) is 0 Å². The van der Waals surface area contributed by atoms with Crippen molar-refractivity contribution in [2.45, 2.75) is 42.6 Å². The van der Waals surface area contributed by atoms with E-state index in [4.69, 9.17) is 0 Å². The molecule has 0 aromatic heterocycles. The highest BCUT2D eigenvalue weighted by Gasteiger charge is 2.48. The second-order valence-electron chi connectivity index (χ2n) is 5.25. The normalized spacial score (nSPS) is 23.3. The highest BCUT2D eigenvalue weighted by Crippen LogP contribution is 2.36. The van der Waals surface area contributed by atoms with E-state index >= 15 is 0 Å². The third kappa shape index (κ3) is 3.14. The quantitative estimate of drug-likeness (QED) is 0.862. The maximum Gasteiger partial charge on any atom is 0.501 e. The molecule has 0 aliphatic heterocycles. The van der Waals surface area contributed by atoms with Crippen LogP contribution in [0, 0.1) is 11.7 Å². The minimum Gasteiger partial charge on any atom is -0.381 e. The molecule has 1 fully saturated rings. The fourth-order valence-electron chi connectivity index (χ4n) is 2.52. The van der Waals surface area contributed by atoms with Crippen LogP contribution in [0.5, 0.6) is 0 Å². The molecule has 0 amide bonds. The minimum atomic E-state index is -5.59. The number of rotatable bonds is 3. The Hall–Kier alpha value is -1.31. The number of benzene rings is 1. The lowest BCUT2D eigenvalue weighted by Gasteiger charge is -2.21. The maximum absolute atomic E-state index is 13.2. The molecule has 0 radical (unpaired) electrons. The zero-order valence-corrected chi connectivity index (χ0v) is 12.1. The van der Waals surface area contributed by atoms with Crippen molar-refractivity contribution in [1.82, 2.24) is 0 Å². The first-order valence-electron chi connectivity index (χ1n) is 6.50. The number of hydrogen-bond donors (Lipinski definition) is 1. The fourth-order valence-corrected chi connectivity index (χ4v) is 3.46. The largest absolute Gasteiger partial charge is 0.501 e. The van der Waals surface area contributed by atoms with Crippen LogP contribution >= 0.6 is 0 Å². The smallest absolute Gasteiger partial charge is 0.381 e. The Bertz CT molecular complexity index is 628. The van der Waals surface area contributed by atoms with Gasteiger partial charge in [-0.3, -0.25) is 0 Å². The Morgan fingerprint density at radius 2 is 1.90 bits per heavy atom. The Balaban J connectivity index is 2.43. The highest BCUT2D eigenvalue weighted by atomic mass is 32.2. The molecule has 118 valence electrons. The van der Waals surface area contributed by atoms with Crippen LogP contribution in [0.15, 0.2) is 23.1 Å². The van der Waals surface area contributed by atoms with Crippen LogP contribution in [-0.2, 0) is 9.84 Å². The summed E-state index contributed by atoms with van der Waals surface area (Å²) in [4.78, 5) is -1.06. The van der Waals surface area contributed by atoms with Crippen LogP contribution < -0.4 is 5.32 Å². The topological polar surface area (TPSA) is 46.2 Å². The van der Waals surface area contributed by atoms with Gasteiger partial charge in [-0.15, -0.1) is 0 Å². The Morgan fingerprint density at radius 1 is 1.24 bits per heavy atom. The van der Waals surface area contributed by atoms with E-state index < -0.39 is 26.1 Å². The maximum atomic E-state index is 13.2. The number of sulfone groups is 1. The summed E-state index contributed by atoms with van der Waals surface area (Å²) in [5, 5.41) is 2.82. The summed E-state index contributed by atoms with van der Waals surface area (Å²) in [5.74, 6) is -0.806. The molecular formula is C13H15F4NO2S. The van der Waals surface area contributed by atoms with Gasteiger partial charge in [-0.2, -0.15) is 13.2 Å². The van der Waals surface area contributed by atoms with Crippen molar-refractivity contribution in [2.24, 2.45) is 5.92 Å². The van der Waals surface area contributed by atoms with E-state index in [0.29, 0.717) is 6.07 Å². The fraction of sp³-hybridized carbons (Fsp3) is 0.538. The molecule has 2 unspecified atom stereocenters. The molecular weight excluding hydrogens is 310 g/mol. The summed E-state index contributed by atoms with van der Waals surface area (Å²) in [7, 11) is -5.59. The molecule has 8 heteroatoms. The number of alkyl halides is 3. The van der Waals surface area contributed by atoms with Gasteiger partial charge >= 0.3 is 5.51 Å². The molecule has 1 aromatic rings. The van der Waals surface area contributed by atoms with Crippen molar-refractivity contribution in [3.05, 3.63) is 24.0 Å². The zero-order chi connectivity index (χ0) is 15.8. The number of hydrogen-bond acceptors (Lipinski definition) is 3. The Morgan fingerprint density at radius 3 is 2.43 bits per heavy atom. The molecule has 1 aromatic carbocycles. The van der Waals surface area contributed by atoms with Gasteiger partial charge < -0.3 is 5.32 Å². The van der Waals surface area contributed by atoms with Crippen molar-refractivity contribution in [1.29, 1.82) is 0 Å². The summed E-state index contributed by atoms with van der Waals surface area (Å²) >= 11 is 0. The van der Waals surface area contributed by atoms with Gasteiger partial charge in [-0.05, 0) is 37.0 Å². The summed E-state index contributed by atoms with van der Waals surface area (Å²) < 4.78 is 74.3. The van der Waals surface area contributed by atoms with E-state index in [9.17, 15) is 26.0 Å². The third-order valence-electron chi connectivity index (χ3n) is 3.74. The standard InChI is InChI=1S/C13H15F4NO2S/c1-8-3-2-4-10(8)18-11-6-5-9(14)7-12(11)21(19,20)13(15,16)17/h5-8,10,18H,2-4H2,1H3. The first-order chi connectivity index (χ1) is 9.63. The van der Waals surface area contributed by atoms with E-state index in [0.717, 1.165) is 31.4 Å². The molecule has 0 saturated heterocycles. The summed E-state index contributed by atoms with van der Waals surface area (Å²) in [5.41, 5.74) is -5.66. The SMILES string of the molecule is CC1CCCC1Nc1ccc(F)cc1S(=O)(=O)C(F)(F)F. The number of nitrogens with one attached hydrogen (secondary N) is 1. The van der Waals surface area contributed by atoms with E-state index in [2.05, 4.69) is 5.32 Å². The second-order valence-corrected chi connectivity index (χ2v) is 7.16. The first-order valence-corrected chi connectivity index (χ1v) is 7.98. The molecule has 1 saturated carbocycles. The van der Waals surface area contributed by atoms with Gasteiger partial charge in [0.1, 0.15) is 10.7 Å². The average Bonchev–Trinajstić information content (AvgIpc) is 2.76. The van der Waals surface area contributed by atoms with Crippen molar-refractivity contribution in [3.63, 3.8) is 0 Å². The molecule has 2 atom stereocenters. The summed E-state index contributed by atoms with van der Waals surface area (Å²) in [6.45, 7) is 1.94. The van der Waals surface area contributed by atoms with Gasteiger partial charge in [0.2, 0.25) is 0 Å². The van der Waals surface area contributed by atoms with Crippen LogP contribution in [0.3, 0.4) is 0 Å². The predicted molar refractivity (Wildman–Crippen MR) is 70.1 cm³/mol. The van der Waals surface area contributed by atoms with Gasteiger partial charge in [0.05, 0.1) is 5.69 Å². The van der Waals surface area contributed by atoms with Crippen LogP contribution in [0.1, 0.15) is 26.2 Å². The minimum absolute atomic E-state index is 0.113. The number of anilines is 1. The van der Waals surface area contributed by atoms with Crippen molar-refractivity contribution >= 4 is 15.5 Å². The van der Waals surface area contributed by atoms with Crippen molar-refractivity contribution in [2.75, 3.05) is 5.32 Å².